The number of nitrogens with zero attached hydrogens (tertiary/aromatic N) is 2. The molecule has 1 aromatic rings. The van der Waals surface area contributed by atoms with Crippen LogP contribution in [0, 0.1) is 0 Å². The minimum Gasteiger partial charge on any atom is -0.376 e. The van der Waals surface area contributed by atoms with Crippen molar-refractivity contribution in [2.75, 3.05) is 32.1 Å². The molecule has 0 bridgehead atoms. The summed E-state index contributed by atoms with van der Waals surface area (Å²) < 4.78 is 5.84. The van der Waals surface area contributed by atoms with Gasteiger partial charge in [-0.05, 0) is 49.9 Å². The Morgan fingerprint density at radius 2 is 2.19 bits per heavy atom. The van der Waals surface area contributed by atoms with E-state index in [-0.39, 0.29) is 0 Å². The summed E-state index contributed by atoms with van der Waals surface area (Å²) in [5.74, 6) is 1.50. The van der Waals surface area contributed by atoms with E-state index >= 15 is 0 Å². The average Bonchev–Trinajstić information content (AvgIpc) is 2.48. The average molecular weight is 291 g/mol. The number of likely N-dealkylation sites (N-methyl/N-ethyl adjacent to an activating group) is 1. The monoisotopic (exact) mass is 291 g/mol. The van der Waals surface area contributed by atoms with Gasteiger partial charge in [-0.15, -0.1) is 0 Å². The molecule has 1 unspecified atom stereocenters. The Bertz CT molecular complexity index is 442. The fourth-order valence-electron chi connectivity index (χ4n) is 2.74. The van der Waals surface area contributed by atoms with Gasteiger partial charge in [-0.2, -0.15) is 0 Å². The zero-order valence-corrected chi connectivity index (χ0v) is 13.9. The Morgan fingerprint density at radius 1 is 1.38 bits per heavy atom. The topological polar surface area (TPSA) is 37.4 Å². The quantitative estimate of drug-likeness (QED) is 0.874. The van der Waals surface area contributed by atoms with Crippen LogP contribution < -0.4 is 10.2 Å². The molecule has 0 aromatic carbocycles. The first-order chi connectivity index (χ1) is 10.1. The lowest BCUT2D eigenvalue weighted by molar-refractivity contribution is 0.0215. The summed E-state index contributed by atoms with van der Waals surface area (Å²) in [7, 11) is 4.10. The molecule has 1 aliphatic rings. The SMILES string of the molecule is CNCc1cc(C(C)C)nc(N(C)CC2CCCCO2)c1. The second-order valence-electron chi connectivity index (χ2n) is 6.31. The molecule has 0 aliphatic carbocycles. The molecule has 0 amide bonds. The van der Waals surface area contributed by atoms with Crippen LogP contribution in [0.25, 0.3) is 0 Å². The van der Waals surface area contributed by atoms with Gasteiger partial charge in [0.25, 0.3) is 0 Å². The predicted octanol–water partition coefficient (Wildman–Crippen LogP) is 2.93. The first-order valence-electron chi connectivity index (χ1n) is 8.08. The van der Waals surface area contributed by atoms with Crippen LogP contribution >= 0.6 is 0 Å². The number of hydrogen-bond donors (Lipinski definition) is 1. The molecule has 1 N–H and O–H groups in total. The van der Waals surface area contributed by atoms with Crippen LogP contribution in [0.4, 0.5) is 5.82 Å². The van der Waals surface area contributed by atoms with E-state index in [2.05, 4.69) is 43.2 Å². The summed E-state index contributed by atoms with van der Waals surface area (Å²) in [6.07, 6.45) is 4.00. The van der Waals surface area contributed by atoms with Crippen molar-refractivity contribution in [2.45, 2.75) is 51.7 Å². The number of ether oxygens (including phenoxy) is 1. The van der Waals surface area contributed by atoms with E-state index in [0.29, 0.717) is 12.0 Å². The maximum atomic E-state index is 5.84. The largest absolute Gasteiger partial charge is 0.376 e. The molecule has 1 fully saturated rings. The number of hydrogen-bond acceptors (Lipinski definition) is 4. The van der Waals surface area contributed by atoms with E-state index in [1.165, 1.54) is 18.4 Å². The minimum atomic E-state index is 0.348. The van der Waals surface area contributed by atoms with Gasteiger partial charge in [-0.3, -0.25) is 0 Å². The van der Waals surface area contributed by atoms with Gasteiger partial charge in [0.15, 0.2) is 0 Å². The highest BCUT2D eigenvalue weighted by molar-refractivity contribution is 5.42. The third kappa shape index (κ3) is 4.68. The molecule has 0 spiro atoms. The number of anilines is 1. The van der Waals surface area contributed by atoms with Crippen molar-refractivity contribution in [2.24, 2.45) is 0 Å². The van der Waals surface area contributed by atoms with Crippen molar-refractivity contribution < 1.29 is 4.74 Å². The van der Waals surface area contributed by atoms with E-state index in [0.717, 1.165) is 37.6 Å². The smallest absolute Gasteiger partial charge is 0.128 e. The van der Waals surface area contributed by atoms with E-state index in [9.17, 15) is 0 Å². The second-order valence-corrected chi connectivity index (χ2v) is 6.31. The molecule has 1 atom stereocenters. The first-order valence-corrected chi connectivity index (χ1v) is 8.08. The van der Waals surface area contributed by atoms with Gasteiger partial charge in [-0.25, -0.2) is 4.98 Å². The maximum absolute atomic E-state index is 5.84. The second kappa shape index (κ2) is 7.76. The molecular weight excluding hydrogens is 262 g/mol. The third-order valence-corrected chi connectivity index (χ3v) is 4.01. The molecule has 21 heavy (non-hydrogen) atoms. The van der Waals surface area contributed by atoms with E-state index in [4.69, 9.17) is 9.72 Å². The highest BCUT2D eigenvalue weighted by Crippen LogP contribution is 2.21. The normalized spacial score (nSPS) is 19.0. The van der Waals surface area contributed by atoms with E-state index in [1.54, 1.807) is 0 Å². The van der Waals surface area contributed by atoms with Crippen LogP contribution in [0.5, 0.6) is 0 Å². The molecule has 1 aromatic heterocycles. The number of aromatic nitrogens is 1. The number of rotatable bonds is 6. The van der Waals surface area contributed by atoms with Crippen LogP contribution in [-0.2, 0) is 11.3 Å². The summed E-state index contributed by atoms with van der Waals surface area (Å²) >= 11 is 0. The van der Waals surface area contributed by atoms with Crippen LogP contribution in [0.3, 0.4) is 0 Å². The van der Waals surface area contributed by atoms with Crippen LogP contribution in [0.2, 0.25) is 0 Å². The lowest BCUT2D eigenvalue weighted by Crippen LogP contribution is -2.34. The lowest BCUT2D eigenvalue weighted by Gasteiger charge is -2.28. The van der Waals surface area contributed by atoms with Crippen LogP contribution in [0.1, 0.15) is 50.3 Å². The molecule has 1 aliphatic heterocycles. The molecule has 2 rings (SSSR count). The summed E-state index contributed by atoms with van der Waals surface area (Å²) in [5.41, 5.74) is 2.46. The summed E-state index contributed by atoms with van der Waals surface area (Å²) in [5, 5.41) is 3.23. The van der Waals surface area contributed by atoms with Crippen molar-refractivity contribution in [3.8, 4) is 0 Å². The van der Waals surface area contributed by atoms with Crippen LogP contribution in [0.15, 0.2) is 12.1 Å². The first kappa shape index (κ1) is 16.2. The fourth-order valence-corrected chi connectivity index (χ4v) is 2.74. The Hall–Kier alpha value is -1.13. The van der Waals surface area contributed by atoms with Gasteiger partial charge in [0.2, 0.25) is 0 Å². The Labute approximate surface area is 128 Å². The Morgan fingerprint density at radius 3 is 2.81 bits per heavy atom. The third-order valence-electron chi connectivity index (χ3n) is 4.01. The number of nitrogens with one attached hydrogen (secondary N) is 1. The van der Waals surface area contributed by atoms with Crippen LogP contribution in [-0.4, -0.2) is 38.3 Å². The molecule has 0 radical (unpaired) electrons. The summed E-state index contributed by atoms with van der Waals surface area (Å²) in [4.78, 5) is 7.06. The standard InChI is InChI=1S/C17H29N3O/c1-13(2)16-9-14(11-18-3)10-17(19-16)20(4)12-15-7-5-6-8-21-15/h9-10,13,15,18H,5-8,11-12H2,1-4H3. The highest BCUT2D eigenvalue weighted by atomic mass is 16.5. The van der Waals surface area contributed by atoms with Gasteiger partial charge in [0.1, 0.15) is 5.82 Å². The fraction of sp³-hybridized carbons (Fsp3) is 0.706. The molecule has 0 saturated carbocycles. The van der Waals surface area contributed by atoms with Gasteiger partial charge < -0.3 is 15.0 Å². The number of pyridine rings is 1. The highest BCUT2D eigenvalue weighted by Gasteiger charge is 2.17. The molecule has 118 valence electrons. The summed E-state index contributed by atoms with van der Waals surface area (Å²) in [6.45, 7) is 7.10. The molecule has 4 nitrogen and oxygen atoms in total. The molecular formula is C17H29N3O. The predicted molar refractivity (Wildman–Crippen MR) is 88.0 cm³/mol. The van der Waals surface area contributed by atoms with Crippen molar-refractivity contribution in [1.82, 2.24) is 10.3 Å². The Kier molecular flexibility index (Phi) is 6.00. The lowest BCUT2D eigenvalue weighted by atomic mass is 10.1. The van der Waals surface area contributed by atoms with Crippen molar-refractivity contribution in [1.29, 1.82) is 0 Å². The summed E-state index contributed by atoms with van der Waals surface area (Å²) in [6, 6.07) is 4.39. The van der Waals surface area contributed by atoms with Crippen molar-refractivity contribution >= 4 is 5.82 Å². The maximum Gasteiger partial charge on any atom is 0.128 e. The van der Waals surface area contributed by atoms with Crippen molar-refractivity contribution in [3.05, 3.63) is 23.4 Å². The van der Waals surface area contributed by atoms with Gasteiger partial charge in [0, 0.05) is 32.4 Å². The molecule has 2 heterocycles. The van der Waals surface area contributed by atoms with Crippen molar-refractivity contribution in [3.63, 3.8) is 0 Å². The van der Waals surface area contributed by atoms with Gasteiger partial charge in [0.05, 0.1) is 6.10 Å². The molecule has 1 saturated heterocycles. The molecule has 4 heteroatoms. The van der Waals surface area contributed by atoms with E-state index < -0.39 is 0 Å². The zero-order valence-electron chi connectivity index (χ0n) is 13.9. The minimum absolute atomic E-state index is 0.348. The van der Waals surface area contributed by atoms with Gasteiger partial charge in [-0.1, -0.05) is 13.8 Å². The zero-order chi connectivity index (χ0) is 15.2. The van der Waals surface area contributed by atoms with E-state index in [1.807, 2.05) is 7.05 Å². The van der Waals surface area contributed by atoms with Gasteiger partial charge >= 0.3 is 0 Å². The Balaban J connectivity index is 2.12.